The molecule has 0 aliphatic carbocycles. The van der Waals surface area contributed by atoms with E-state index in [-0.39, 0.29) is 6.61 Å². The lowest BCUT2D eigenvalue weighted by Gasteiger charge is -2.13. The second kappa shape index (κ2) is 9.26. The molecule has 0 amide bonds. The van der Waals surface area contributed by atoms with Gasteiger partial charge in [0, 0.05) is 6.61 Å². The van der Waals surface area contributed by atoms with Crippen LogP contribution in [0.4, 0.5) is 0 Å². The molecule has 0 radical (unpaired) electrons. The summed E-state index contributed by atoms with van der Waals surface area (Å²) >= 11 is 0. The van der Waals surface area contributed by atoms with Gasteiger partial charge in [-0.1, -0.05) is 37.5 Å². The van der Waals surface area contributed by atoms with Crippen molar-refractivity contribution in [2.24, 2.45) is 0 Å². The minimum absolute atomic E-state index is 0.198. The molecule has 0 aliphatic heterocycles. The van der Waals surface area contributed by atoms with E-state index in [2.05, 4.69) is 30.9 Å². The van der Waals surface area contributed by atoms with E-state index in [1.165, 1.54) is 11.1 Å². The van der Waals surface area contributed by atoms with Crippen LogP contribution in [0.3, 0.4) is 0 Å². The van der Waals surface area contributed by atoms with E-state index < -0.39 is 0 Å². The van der Waals surface area contributed by atoms with E-state index in [1.54, 1.807) is 0 Å². The summed E-state index contributed by atoms with van der Waals surface area (Å²) in [6, 6.07) is 4.11. The number of aliphatic hydroxyl groups is 1. The number of hydrogen-bond acceptors (Lipinski definition) is 2. The van der Waals surface area contributed by atoms with Crippen molar-refractivity contribution >= 4 is 0 Å². The number of rotatable bonds is 7. The predicted molar refractivity (Wildman–Crippen MR) is 88.4 cm³/mol. The highest BCUT2D eigenvalue weighted by Gasteiger charge is 2.10. The molecule has 0 aliphatic rings. The van der Waals surface area contributed by atoms with Gasteiger partial charge in [-0.05, 0) is 61.8 Å². The van der Waals surface area contributed by atoms with E-state index >= 15 is 0 Å². The third-order valence-electron chi connectivity index (χ3n) is 3.62. The van der Waals surface area contributed by atoms with Crippen LogP contribution in [0.15, 0.2) is 23.8 Å². The molecule has 1 aromatic rings. The van der Waals surface area contributed by atoms with Gasteiger partial charge in [-0.15, -0.1) is 5.92 Å². The molecule has 0 heterocycles. The number of phenolic OH excluding ortho intramolecular Hbond substituents is 1. The van der Waals surface area contributed by atoms with Gasteiger partial charge in [-0.2, -0.15) is 0 Å². The van der Waals surface area contributed by atoms with E-state index in [9.17, 15) is 5.11 Å². The topological polar surface area (TPSA) is 40.5 Å². The van der Waals surface area contributed by atoms with Crippen molar-refractivity contribution in [3.05, 3.63) is 40.5 Å². The van der Waals surface area contributed by atoms with Crippen LogP contribution in [0.2, 0.25) is 0 Å². The number of hydrogen-bond donors (Lipinski definition) is 2. The zero-order valence-corrected chi connectivity index (χ0v) is 13.4. The molecule has 2 nitrogen and oxygen atoms in total. The number of phenols is 1. The molecule has 0 saturated carbocycles. The molecule has 0 fully saturated rings. The zero-order valence-electron chi connectivity index (χ0n) is 13.4. The molecule has 0 aromatic heterocycles. The smallest absolute Gasteiger partial charge is 0.122 e. The minimum Gasteiger partial charge on any atom is -0.507 e. The second-order valence-corrected chi connectivity index (χ2v) is 5.17. The van der Waals surface area contributed by atoms with Gasteiger partial charge in [0.1, 0.15) is 5.75 Å². The molecule has 1 rings (SSSR count). The van der Waals surface area contributed by atoms with Crippen molar-refractivity contribution in [1.29, 1.82) is 0 Å². The number of aryl methyl sites for hydroxylation is 2. The van der Waals surface area contributed by atoms with Crippen molar-refractivity contribution in [3.8, 4) is 17.6 Å². The Bertz CT molecular complexity index is 545. The van der Waals surface area contributed by atoms with Crippen LogP contribution < -0.4 is 0 Å². The maximum atomic E-state index is 10.4. The SMILES string of the molecule is CC#C/C=C(\CC)Cc1cc(CCCO)cc(CC)c1O. The average Bonchev–Trinajstić information content (AvgIpc) is 2.51. The van der Waals surface area contributed by atoms with Crippen LogP contribution in [-0.2, 0) is 19.3 Å². The van der Waals surface area contributed by atoms with Crippen LogP contribution in [0.25, 0.3) is 0 Å². The fourth-order valence-electron chi connectivity index (χ4n) is 2.36. The first kappa shape index (κ1) is 17.3. The fraction of sp³-hybridized carbons (Fsp3) is 0.474. The van der Waals surface area contributed by atoms with Crippen molar-refractivity contribution in [2.45, 2.75) is 52.9 Å². The molecule has 0 unspecified atom stereocenters. The van der Waals surface area contributed by atoms with Crippen molar-refractivity contribution in [3.63, 3.8) is 0 Å². The lowest BCUT2D eigenvalue weighted by molar-refractivity contribution is 0.288. The Morgan fingerprint density at radius 1 is 1.24 bits per heavy atom. The lowest BCUT2D eigenvalue weighted by atomic mass is 9.94. The van der Waals surface area contributed by atoms with Gasteiger partial charge in [0.2, 0.25) is 0 Å². The molecule has 0 spiro atoms. The summed E-state index contributed by atoms with van der Waals surface area (Å²) in [5, 5.41) is 19.4. The molecule has 2 heteroatoms. The van der Waals surface area contributed by atoms with Crippen LogP contribution in [0, 0.1) is 11.8 Å². The predicted octanol–water partition coefficient (Wildman–Crippen LogP) is 3.78. The van der Waals surface area contributed by atoms with Crippen molar-refractivity contribution in [1.82, 2.24) is 0 Å². The molecular weight excluding hydrogens is 260 g/mol. The highest BCUT2D eigenvalue weighted by Crippen LogP contribution is 2.28. The highest BCUT2D eigenvalue weighted by molar-refractivity contribution is 5.46. The number of aromatic hydroxyl groups is 1. The van der Waals surface area contributed by atoms with Gasteiger partial charge in [-0.25, -0.2) is 0 Å². The quantitative estimate of drug-likeness (QED) is 0.749. The second-order valence-electron chi connectivity index (χ2n) is 5.17. The van der Waals surface area contributed by atoms with Crippen LogP contribution >= 0.6 is 0 Å². The normalized spacial score (nSPS) is 11.1. The van der Waals surface area contributed by atoms with Crippen LogP contribution in [0.1, 0.15) is 50.3 Å². The standard InChI is InChI=1S/C19H26O2/c1-4-7-9-15(5-2)12-18-14-16(10-8-11-20)13-17(6-3)19(18)21/h9,13-14,20-21H,5-6,8,10-12H2,1-3H3/b15-9+. The Morgan fingerprint density at radius 2 is 1.95 bits per heavy atom. The first-order valence-corrected chi connectivity index (χ1v) is 7.70. The largest absolute Gasteiger partial charge is 0.507 e. The van der Waals surface area contributed by atoms with Gasteiger partial charge in [0.05, 0.1) is 0 Å². The lowest BCUT2D eigenvalue weighted by Crippen LogP contribution is -1.98. The van der Waals surface area contributed by atoms with Gasteiger partial charge >= 0.3 is 0 Å². The summed E-state index contributed by atoms with van der Waals surface area (Å²) in [7, 11) is 0. The van der Waals surface area contributed by atoms with Crippen LogP contribution in [0.5, 0.6) is 5.75 Å². The summed E-state index contributed by atoms with van der Waals surface area (Å²) in [5.74, 6) is 6.28. The van der Waals surface area contributed by atoms with E-state index in [1.807, 2.05) is 19.9 Å². The fourth-order valence-corrected chi connectivity index (χ4v) is 2.36. The molecular formula is C19H26O2. The number of benzene rings is 1. The molecule has 21 heavy (non-hydrogen) atoms. The van der Waals surface area contributed by atoms with Gasteiger partial charge in [-0.3, -0.25) is 0 Å². The first-order chi connectivity index (χ1) is 10.2. The summed E-state index contributed by atoms with van der Waals surface area (Å²) in [6.45, 7) is 6.18. The monoisotopic (exact) mass is 286 g/mol. The molecule has 1 aromatic carbocycles. The minimum atomic E-state index is 0.198. The Morgan fingerprint density at radius 3 is 2.52 bits per heavy atom. The van der Waals surface area contributed by atoms with Gasteiger partial charge < -0.3 is 10.2 Å². The van der Waals surface area contributed by atoms with Gasteiger partial charge in [0.25, 0.3) is 0 Å². The van der Waals surface area contributed by atoms with E-state index in [4.69, 9.17) is 5.11 Å². The summed E-state index contributed by atoms with van der Waals surface area (Å²) < 4.78 is 0. The van der Waals surface area contributed by atoms with E-state index in [0.717, 1.165) is 43.2 Å². The first-order valence-electron chi connectivity index (χ1n) is 7.70. The third-order valence-corrected chi connectivity index (χ3v) is 3.62. The maximum Gasteiger partial charge on any atom is 0.122 e. The summed E-state index contributed by atoms with van der Waals surface area (Å²) in [5.41, 5.74) is 4.36. The van der Waals surface area contributed by atoms with E-state index in [0.29, 0.717) is 5.75 Å². The van der Waals surface area contributed by atoms with Gasteiger partial charge in [0.15, 0.2) is 0 Å². The Balaban J connectivity index is 3.10. The molecule has 2 N–H and O–H groups in total. The van der Waals surface area contributed by atoms with Crippen LogP contribution in [-0.4, -0.2) is 16.8 Å². The van der Waals surface area contributed by atoms with Crippen molar-refractivity contribution in [2.75, 3.05) is 6.61 Å². The maximum absolute atomic E-state index is 10.4. The molecule has 0 saturated heterocycles. The Hall–Kier alpha value is -1.72. The molecule has 0 atom stereocenters. The third kappa shape index (κ3) is 5.28. The molecule has 114 valence electrons. The Kier molecular flexibility index (Phi) is 7.64. The highest BCUT2D eigenvalue weighted by atomic mass is 16.3. The zero-order chi connectivity index (χ0) is 15.7. The average molecular weight is 286 g/mol. The number of aliphatic hydroxyl groups excluding tert-OH is 1. The summed E-state index contributed by atoms with van der Waals surface area (Å²) in [4.78, 5) is 0. The summed E-state index contributed by atoms with van der Waals surface area (Å²) in [6.07, 6.45) is 6.02. The molecule has 0 bridgehead atoms. The van der Waals surface area contributed by atoms with Crippen molar-refractivity contribution < 1.29 is 10.2 Å². The number of allylic oxidation sites excluding steroid dienone is 2. The Labute approximate surface area is 128 Å².